The molecule has 2 aliphatic rings. The summed E-state index contributed by atoms with van der Waals surface area (Å²) in [5.74, 6) is -0.413. The van der Waals surface area contributed by atoms with E-state index in [9.17, 15) is 4.79 Å². The smallest absolute Gasteiger partial charge is 0.248 e. The van der Waals surface area contributed by atoms with Gasteiger partial charge in [0.25, 0.3) is 0 Å². The van der Waals surface area contributed by atoms with Crippen molar-refractivity contribution in [3.63, 3.8) is 0 Å². The largest absolute Gasteiger partial charge is 0.382 e. The van der Waals surface area contributed by atoms with Crippen molar-refractivity contribution < 1.29 is 9.53 Å². The Kier molecular flexibility index (Phi) is 4.10. The molecule has 2 aliphatic heterocycles. The molecule has 130 valence electrons. The number of hydrogen-bond acceptors (Lipinski definition) is 4. The number of nitrogens with two attached hydrogens (primary N) is 1. The van der Waals surface area contributed by atoms with Crippen LogP contribution in [0.15, 0.2) is 42.1 Å². The van der Waals surface area contributed by atoms with Crippen LogP contribution in [0.3, 0.4) is 0 Å². The predicted octanol–water partition coefficient (Wildman–Crippen LogP) is 3.91. The van der Waals surface area contributed by atoms with E-state index >= 15 is 0 Å². The average Bonchev–Trinajstić information content (AvgIpc) is 2.96. The van der Waals surface area contributed by atoms with Gasteiger partial charge in [0.05, 0.1) is 17.0 Å². The number of halogens is 1. The van der Waals surface area contributed by atoms with Crippen molar-refractivity contribution in [3.8, 4) is 0 Å². The number of primary amides is 1. The van der Waals surface area contributed by atoms with E-state index in [1.807, 2.05) is 12.1 Å². The first-order valence-electron chi connectivity index (χ1n) is 8.25. The Morgan fingerprint density at radius 1 is 1.40 bits per heavy atom. The molecular formula is C19H19ClN2O2S. The van der Waals surface area contributed by atoms with E-state index in [1.165, 1.54) is 10.4 Å². The van der Waals surface area contributed by atoms with Gasteiger partial charge in [0.2, 0.25) is 5.91 Å². The Labute approximate surface area is 155 Å². The molecule has 1 spiro atoms. The molecule has 4 rings (SSSR count). The molecule has 0 saturated heterocycles. The fraction of sp³-hybridized carbons (Fsp3) is 0.316. The Balaban J connectivity index is 1.71. The summed E-state index contributed by atoms with van der Waals surface area (Å²) in [5.41, 5.74) is 8.89. The van der Waals surface area contributed by atoms with Crippen LogP contribution in [0.25, 0.3) is 0 Å². The molecule has 0 aliphatic carbocycles. The first kappa shape index (κ1) is 16.6. The minimum atomic E-state index is -0.437. The monoisotopic (exact) mass is 374 g/mol. The van der Waals surface area contributed by atoms with E-state index in [-0.39, 0.29) is 6.04 Å². The van der Waals surface area contributed by atoms with E-state index in [1.54, 1.807) is 23.5 Å². The number of hydrogen-bond donors (Lipinski definition) is 2. The normalized spacial score (nSPS) is 25.2. The van der Waals surface area contributed by atoms with Gasteiger partial charge in [-0.1, -0.05) is 23.7 Å². The van der Waals surface area contributed by atoms with Crippen molar-refractivity contribution in [1.82, 2.24) is 5.32 Å². The number of carbonyl (C=O) groups is 1. The van der Waals surface area contributed by atoms with E-state index < -0.39 is 11.5 Å². The number of thiophene rings is 1. The van der Waals surface area contributed by atoms with Crippen LogP contribution < -0.4 is 11.1 Å². The predicted molar refractivity (Wildman–Crippen MR) is 99.9 cm³/mol. The molecular weight excluding hydrogens is 356 g/mol. The van der Waals surface area contributed by atoms with Gasteiger partial charge in [0, 0.05) is 22.6 Å². The molecule has 0 saturated carbocycles. The third kappa shape index (κ3) is 2.97. The van der Waals surface area contributed by atoms with Gasteiger partial charge in [-0.2, -0.15) is 0 Å². The molecule has 1 aromatic carbocycles. The molecule has 4 nitrogen and oxygen atoms in total. The summed E-state index contributed by atoms with van der Waals surface area (Å²) in [6.45, 7) is 2.75. The molecule has 1 aromatic heterocycles. The maximum atomic E-state index is 11.3. The number of carbonyl (C=O) groups excluding carboxylic acids is 1. The highest BCUT2D eigenvalue weighted by Gasteiger charge is 2.42. The number of benzene rings is 1. The van der Waals surface area contributed by atoms with Crippen LogP contribution in [-0.2, 0) is 16.8 Å². The van der Waals surface area contributed by atoms with Crippen LogP contribution in [0.4, 0.5) is 0 Å². The van der Waals surface area contributed by atoms with Gasteiger partial charge in [0.15, 0.2) is 0 Å². The molecule has 2 atom stereocenters. The van der Waals surface area contributed by atoms with Crippen molar-refractivity contribution in [2.45, 2.75) is 31.4 Å². The lowest BCUT2D eigenvalue weighted by atomic mass is 9.82. The summed E-state index contributed by atoms with van der Waals surface area (Å²) < 4.78 is 7.10. The maximum Gasteiger partial charge on any atom is 0.248 e. The third-order valence-corrected chi connectivity index (χ3v) is 6.32. The van der Waals surface area contributed by atoms with Crippen molar-refractivity contribution >= 4 is 28.8 Å². The minimum absolute atomic E-state index is 0.0961. The van der Waals surface area contributed by atoms with E-state index in [4.69, 9.17) is 22.1 Å². The lowest BCUT2D eigenvalue weighted by Crippen LogP contribution is -2.41. The van der Waals surface area contributed by atoms with Gasteiger partial charge < -0.3 is 15.8 Å². The number of nitrogens with one attached hydrogen (secondary N) is 1. The summed E-state index contributed by atoms with van der Waals surface area (Å²) >= 11 is 7.88. The fourth-order valence-electron chi connectivity index (χ4n) is 3.77. The van der Waals surface area contributed by atoms with Gasteiger partial charge in [-0.05, 0) is 48.7 Å². The fourth-order valence-corrected chi connectivity index (χ4v) is 5.19. The maximum absolute atomic E-state index is 11.3. The first-order chi connectivity index (χ1) is 12.0. The summed E-state index contributed by atoms with van der Waals surface area (Å²) in [6.07, 6.45) is 3.86. The highest BCUT2D eigenvalue weighted by atomic mass is 35.5. The Morgan fingerprint density at radius 2 is 2.16 bits per heavy atom. The SMILES string of the molecule is CC1=C[C@@]2(C[C@@H](c3ccc(C(N)=O)cc3)N1)OCCc1cc(Cl)sc12. The Morgan fingerprint density at radius 3 is 2.88 bits per heavy atom. The van der Waals surface area contributed by atoms with Crippen molar-refractivity contribution in [2.24, 2.45) is 5.73 Å². The van der Waals surface area contributed by atoms with Gasteiger partial charge in [-0.25, -0.2) is 0 Å². The molecule has 0 radical (unpaired) electrons. The molecule has 25 heavy (non-hydrogen) atoms. The second kappa shape index (κ2) is 6.16. The van der Waals surface area contributed by atoms with E-state index in [0.717, 1.165) is 28.4 Å². The highest BCUT2D eigenvalue weighted by molar-refractivity contribution is 7.16. The first-order valence-corrected chi connectivity index (χ1v) is 9.45. The Hall–Kier alpha value is -1.82. The van der Waals surface area contributed by atoms with Crippen LogP contribution in [0.2, 0.25) is 4.34 Å². The summed E-state index contributed by atoms with van der Waals surface area (Å²) in [6, 6.07) is 9.61. The average molecular weight is 375 g/mol. The molecule has 6 heteroatoms. The number of fused-ring (bicyclic) bond motifs is 2. The summed E-state index contributed by atoms with van der Waals surface area (Å²) in [5, 5.41) is 3.53. The minimum Gasteiger partial charge on any atom is -0.382 e. The zero-order valence-corrected chi connectivity index (χ0v) is 15.4. The van der Waals surface area contributed by atoms with Crippen molar-refractivity contribution in [2.75, 3.05) is 6.61 Å². The summed E-state index contributed by atoms with van der Waals surface area (Å²) in [4.78, 5) is 12.5. The lowest BCUT2D eigenvalue weighted by molar-refractivity contribution is -0.0371. The van der Waals surface area contributed by atoms with Crippen LogP contribution >= 0.6 is 22.9 Å². The van der Waals surface area contributed by atoms with Gasteiger partial charge in [-0.15, -0.1) is 11.3 Å². The molecule has 0 unspecified atom stereocenters. The highest BCUT2D eigenvalue weighted by Crippen LogP contribution is 2.48. The van der Waals surface area contributed by atoms with Crippen LogP contribution in [-0.4, -0.2) is 12.5 Å². The van der Waals surface area contributed by atoms with Crippen LogP contribution in [0, 0.1) is 0 Å². The number of allylic oxidation sites excluding steroid dienone is 1. The van der Waals surface area contributed by atoms with Crippen LogP contribution in [0.1, 0.15) is 45.7 Å². The number of ether oxygens (including phenoxy) is 1. The van der Waals surface area contributed by atoms with Gasteiger partial charge in [0.1, 0.15) is 5.60 Å². The lowest BCUT2D eigenvalue weighted by Gasteiger charge is -2.42. The number of amides is 1. The van der Waals surface area contributed by atoms with Gasteiger partial charge in [-0.3, -0.25) is 4.79 Å². The molecule has 3 N–H and O–H groups in total. The summed E-state index contributed by atoms with van der Waals surface area (Å²) in [7, 11) is 0. The molecule has 1 amide bonds. The second-order valence-corrected chi connectivity index (χ2v) is 8.29. The van der Waals surface area contributed by atoms with E-state index in [0.29, 0.717) is 12.2 Å². The third-order valence-electron chi connectivity index (χ3n) is 4.85. The van der Waals surface area contributed by atoms with Crippen LogP contribution in [0.5, 0.6) is 0 Å². The van der Waals surface area contributed by atoms with Crippen molar-refractivity contribution in [3.05, 3.63) is 68.0 Å². The molecule has 3 heterocycles. The zero-order valence-electron chi connectivity index (χ0n) is 13.8. The number of rotatable bonds is 2. The topological polar surface area (TPSA) is 64.4 Å². The quantitative estimate of drug-likeness (QED) is 0.837. The second-order valence-electron chi connectivity index (χ2n) is 6.61. The molecule has 2 aromatic rings. The zero-order chi connectivity index (χ0) is 17.6. The van der Waals surface area contributed by atoms with Gasteiger partial charge >= 0.3 is 0 Å². The Bertz CT molecular complexity index is 859. The molecule has 0 fully saturated rings. The standard InChI is InChI=1S/C19H19ClN2O2S/c1-11-9-19(17-14(6-7-24-19)8-16(20)25-17)10-15(22-11)12-2-4-13(5-3-12)18(21)23/h2-5,8-9,15,22H,6-7,10H2,1H3,(H2,21,23)/t15-,19-/m0/s1. The van der Waals surface area contributed by atoms with Crippen molar-refractivity contribution in [1.29, 1.82) is 0 Å². The van der Waals surface area contributed by atoms with E-state index in [2.05, 4.69) is 24.4 Å². The molecule has 0 bridgehead atoms.